The van der Waals surface area contributed by atoms with Crippen LogP contribution in [0, 0.1) is 12.8 Å². The number of alkyl halides is 1. The fraction of sp³-hybridized carbons (Fsp3) is 0.571. The predicted molar refractivity (Wildman–Crippen MR) is 73.3 cm³/mol. The van der Waals surface area contributed by atoms with Crippen LogP contribution in [0.2, 0.25) is 0 Å². The molecule has 3 heteroatoms. The van der Waals surface area contributed by atoms with Crippen LogP contribution in [0.1, 0.15) is 35.2 Å². The molecule has 2 nitrogen and oxygen atoms in total. The summed E-state index contributed by atoms with van der Waals surface area (Å²) in [6.07, 6.45) is 3.99. The summed E-state index contributed by atoms with van der Waals surface area (Å²) in [6, 6.07) is 4.14. The van der Waals surface area contributed by atoms with Crippen molar-refractivity contribution in [2.75, 3.05) is 14.2 Å². The summed E-state index contributed by atoms with van der Waals surface area (Å²) in [5.74, 6) is 2.53. The Labute approximate surface area is 111 Å². The Hall–Kier alpha value is -0.700. The van der Waals surface area contributed by atoms with E-state index in [9.17, 15) is 0 Å². The lowest BCUT2D eigenvalue weighted by Crippen LogP contribution is -1.98. The van der Waals surface area contributed by atoms with Gasteiger partial charge >= 0.3 is 0 Å². The van der Waals surface area contributed by atoms with Crippen LogP contribution in [0.25, 0.3) is 0 Å². The largest absolute Gasteiger partial charge is 0.493 e. The van der Waals surface area contributed by atoms with E-state index in [4.69, 9.17) is 9.47 Å². The Kier molecular flexibility index (Phi) is 3.97. The maximum atomic E-state index is 5.36. The highest BCUT2D eigenvalue weighted by atomic mass is 79.9. The number of aryl methyl sites for hydroxylation is 1. The highest BCUT2D eigenvalue weighted by Gasteiger charge is 2.26. The number of methoxy groups -OCH3 is 2. The van der Waals surface area contributed by atoms with Gasteiger partial charge in [0.1, 0.15) is 0 Å². The van der Waals surface area contributed by atoms with Crippen molar-refractivity contribution in [1.29, 1.82) is 0 Å². The molecule has 1 fully saturated rings. The molecule has 0 aromatic heterocycles. The fourth-order valence-electron chi connectivity index (χ4n) is 2.11. The molecule has 1 aliphatic carbocycles. The number of ether oxygens (including phenoxy) is 2. The van der Waals surface area contributed by atoms with Crippen molar-refractivity contribution >= 4 is 15.9 Å². The summed E-state index contributed by atoms with van der Waals surface area (Å²) in [5.41, 5.74) is 2.57. The molecule has 0 heterocycles. The average Bonchev–Trinajstić information content (AvgIpc) is 3.12. The van der Waals surface area contributed by atoms with Crippen molar-refractivity contribution in [3.05, 3.63) is 23.3 Å². The zero-order chi connectivity index (χ0) is 12.4. The van der Waals surface area contributed by atoms with Crippen LogP contribution >= 0.6 is 15.9 Å². The zero-order valence-electron chi connectivity index (χ0n) is 10.6. The molecule has 0 radical (unpaired) electrons. The smallest absolute Gasteiger partial charge is 0.161 e. The van der Waals surface area contributed by atoms with Crippen molar-refractivity contribution in [3.63, 3.8) is 0 Å². The van der Waals surface area contributed by atoms with Crippen molar-refractivity contribution < 1.29 is 9.47 Å². The van der Waals surface area contributed by atoms with Gasteiger partial charge in [-0.25, -0.2) is 0 Å². The molecule has 0 spiro atoms. The second-order valence-electron chi connectivity index (χ2n) is 4.71. The summed E-state index contributed by atoms with van der Waals surface area (Å²) in [4.78, 5) is 0.426. The summed E-state index contributed by atoms with van der Waals surface area (Å²) in [7, 11) is 3.36. The topological polar surface area (TPSA) is 18.5 Å². The lowest BCUT2D eigenvalue weighted by Gasteiger charge is -2.16. The minimum Gasteiger partial charge on any atom is -0.493 e. The molecule has 0 amide bonds. The maximum absolute atomic E-state index is 5.36. The van der Waals surface area contributed by atoms with Gasteiger partial charge < -0.3 is 9.47 Å². The predicted octanol–water partition coefficient (Wildman–Crippen LogP) is 4.25. The Bertz CT molecular complexity index is 399. The molecule has 1 aliphatic rings. The Morgan fingerprint density at radius 1 is 1.24 bits per heavy atom. The van der Waals surface area contributed by atoms with Gasteiger partial charge in [0.2, 0.25) is 0 Å². The third-order valence-corrected chi connectivity index (χ3v) is 4.21. The molecule has 17 heavy (non-hydrogen) atoms. The first-order chi connectivity index (χ1) is 8.15. The van der Waals surface area contributed by atoms with Crippen LogP contribution in [0.3, 0.4) is 0 Å². The van der Waals surface area contributed by atoms with E-state index in [1.807, 2.05) is 0 Å². The van der Waals surface area contributed by atoms with E-state index in [-0.39, 0.29) is 0 Å². The molecule has 1 atom stereocenters. The van der Waals surface area contributed by atoms with E-state index < -0.39 is 0 Å². The Morgan fingerprint density at radius 2 is 1.82 bits per heavy atom. The van der Waals surface area contributed by atoms with Crippen LogP contribution in [-0.2, 0) is 0 Å². The quantitative estimate of drug-likeness (QED) is 0.757. The highest BCUT2D eigenvalue weighted by Crippen LogP contribution is 2.44. The monoisotopic (exact) mass is 298 g/mol. The second kappa shape index (κ2) is 5.30. The van der Waals surface area contributed by atoms with Gasteiger partial charge in [-0.2, -0.15) is 0 Å². The molecular weight excluding hydrogens is 280 g/mol. The molecule has 94 valence electrons. The third-order valence-electron chi connectivity index (χ3n) is 3.35. The van der Waals surface area contributed by atoms with Crippen LogP contribution < -0.4 is 9.47 Å². The van der Waals surface area contributed by atoms with Gasteiger partial charge in [0, 0.05) is 4.83 Å². The fourth-order valence-corrected chi connectivity index (χ4v) is 3.13. The van der Waals surface area contributed by atoms with Gasteiger partial charge in [0.25, 0.3) is 0 Å². The third kappa shape index (κ3) is 2.95. The zero-order valence-corrected chi connectivity index (χ0v) is 12.2. The van der Waals surface area contributed by atoms with E-state index in [1.165, 1.54) is 30.4 Å². The van der Waals surface area contributed by atoms with Crippen molar-refractivity contribution in [1.82, 2.24) is 0 Å². The van der Waals surface area contributed by atoms with Gasteiger partial charge in [-0.15, -0.1) is 0 Å². The first kappa shape index (κ1) is 12.7. The first-order valence-electron chi connectivity index (χ1n) is 6.02. The highest BCUT2D eigenvalue weighted by molar-refractivity contribution is 9.09. The van der Waals surface area contributed by atoms with E-state index in [2.05, 4.69) is 35.0 Å². The molecule has 2 rings (SSSR count). The molecule has 1 aromatic rings. The Balaban J connectivity index is 2.25. The van der Waals surface area contributed by atoms with Crippen LogP contribution in [-0.4, -0.2) is 14.2 Å². The minimum atomic E-state index is 0.426. The molecular formula is C14H19BrO2. The molecule has 1 unspecified atom stereocenters. The van der Waals surface area contributed by atoms with Gasteiger partial charge in [0.15, 0.2) is 11.5 Å². The molecule has 0 saturated heterocycles. The standard InChI is InChI=1S/C14H19BrO2/c1-9-6-13(16-2)14(17-3)8-11(9)12(15)7-10-4-5-10/h6,8,10,12H,4-5,7H2,1-3H3. The van der Waals surface area contributed by atoms with Gasteiger partial charge in [0.05, 0.1) is 14.2 Å². The van der Waals surface area contributed by atoms with E-state index in [1.54, 1.807) is 14.2 Å². The van der Waals surface area contributed by atoms with Crippen molar-refractivity contribution in [3.8, 4) is 11.5 Å². The SMILES string of the molecule is COc1cc(C)c(C(Br)CC2CC2)cc1OC. The molecule has 0 aliphatic heterocycles. The van der Waals surface area contributed by atoms with Crippen LogP contribution in [0.4, 0.5) is 0 Å². The summed E-state index contributed by atoms with van der Waals surface area (Å²) in [6.45, 7) is 2.12. The lowest BCUT2D eigenvalue weighted by atomic mass is 10.0. The van der Waals surface area contributed by atoms with Gasteiger partial charge in [-0.3, -0.25) is 0 Å². The molecule has 0 N–H and O–H groups in total. The first-order valence-corrected chi connectivity index (χ1v) is 6.94. The molecule has 1 aromatic carbocycles. The number of hydrogen-bond donors (Lipinski definition) is 0. The van der Waals surface area contributed by atoms with Crippen molar-refractivity contribution in [2.24, 2.45) is 5.92 Å². The van der Waals surface area contributed by atoms with Crippen LogP contribution in [0.5, 0.6) is 11.5 Å². The average molecular weight is 299 g/mol. The number of halogens is 1. The number of hydrogen-bond acceptors (Lipinski definition) is 2. The second-order valence-corrected chi connectivity index (χ2v) is 5.82. The van der Waals surface area contributed by atoms with E-state index in [0.717, 1.165) is 17.4 Å². The van der Waals surface area contributed by atoms with Gasteiger partial charge in [-0.05, 0) is 42.5 Å². The number of benzene rings is 1. The Morgan fingerprint density at radius 3 is 2.35 bits per heavy atom. The summed E-state index contributed by atoms with van der Waals surface area (Å²) >= 11 is 3.79. The minimum absolute atomic E-state index is 0.426. The lowest BCUT2D eigenvalue weighted by molar-refractivity contribution is 0.354. The van der Waals surface area contributed by atoms with Gasteiger partial charge in [-0.1, -0.05) is 28.8 Å². The number of rotatable bonds is 5. The summed E-state index contributed by atoms with van der Waals surface area (Å²) in [5, 5.41) is 0. The van der Waals surface area contributed by atoms with E-state index >= 15 is 0 Å². The normalized spacial score (nSPS) is 16.7. The van der Waals surface area contributed by atoms with E-state index in [0.29, 0.717) is 4.83 Å². The maximum Gasteiger partial charge on any atom is 0.161 e. The summed E-state index contributed by atoms with van der Waals surface area (Å²) < 4.78 is 10.7. The molecule has 1 saturated carbocycles. The van der Waals surface area contributed by atoms with Crippen LogP contribution in [0.15, 0.2) is 12.1 Å². The van der Waals surface area contributed by atoms with Crippen molar-refractivity contribution in [2.45, 2.75) is 31.0 Å². The molecule has 0 bridgehead atoms.